The molecule has 0 aliphatic rings. The van der Waals surface area contributed by atoms with Crippen molar-refractivity contribution in [2.45, 2.75) is 32.7 Å². The van der Waals surface area contributed by atoms with Gasteiger partial charge < -0.3 is 21.3 Å². The van der Waals surface area contributed by atoms with Crippen LogP contribution in [0.2, 0.25) is 0 Å². The van der Waals surface area contributed by atoms with Crippen LogP contribution in [0.3, 0.4) is 0 Å². The van der Waals surface area contributed by atoms with Crippen LogP contribution >= 0.6 is 11.5 Å². The minimum Gasteiger partial charge on any atom is -0.382 e. The first-order valence-electron chi connectivity index (χ1n) is 6.88. The second-order valence-electron chi connectivity index (χ2n) is 5.06. The Morgan fingerprint density at radius 1 is 1.45 bits per heavy atom. The Bertz CT molecular complexity index is 432. The molecule has 0 radical (unpaired) electrons. The summed E-state index contributed by atoms with van der Waals surface area (Å²) in [5.74, 6) is 0.0923. The maximum atomic E-state index is 11.7. The molecule has 6 nitrogen and oxygen atoms in total. The van der Waals surface area contributed by atoms with Gasteiger partial charge in [-0.1, -0.05) is 0 Å². The van der Waals surface area contributed by atoms with E-state index in [9.17, 15) is 4.79 Å². The average molecular weight is 299 g/mol. The van der Waals surface area contributed by atoms with Gasteiger partial charge in [0.05, 0.1) is 0 Å². The van der Waals surface area contributed by atoms with Crippen molar-refractivity contribution < 1.29 is 4.79 Å². The molecule has 0 aliphatic heterocycles. The van der Waals surface area contributed by atoms with E-state index in [1.165, 1.54) is 11.5 Å². The van der Waals surface area contributed by atoms with Gasteiger partial charge in [-0.3, -0.25) is 4.79 Å². The van der Waals surface area contributed by atoms with E-state index in [1.54, 1.807) is 7.05 Å². The zero-order chi connectivity index (χ0) is 15.1. The van der Waals surface area contributed by atoms with E-state index in [1.807, 2.05) is 0 Å². The fraction of sp³-hybridized carbons (Fsp3) is 0.692. The van der Waals surface area contributed by atoms with Gasteiger partial charge in [-0.2, -0.15) is 4.37 Å². The van der Waals surface area contributed by atoms with Crippen LogP contribution in [0.15, 0.2) is 0 Å². The van der Waals surface area contributed by atoms with Crippen molar-refractivity contribution in [3.63, 3.8) is 0 Å². The lowest BCUT2D eigenvalue weighted by molar-refractivity contribution is 0.0965. The van der Waals surface area contributed by atoms with Gasteiger partial charge in [0.2, 0.25) is 0 Å². The normalized spacial score (nSPS) is 11.1. The van der Waals surface area contributed by atoms with E-state index in [0.29, 0.717) is 11.6 Å². The van der Waals surface area contributed by atoms with Gasteiger partial charge in [0.15, 0.2) is 5.82 Å². The standard InChI is InChI=1S/C13H25N5OS/c1-9(2)18(4)8-6-5-7-16-13-10(12(19)15-3)11(14)17-20-13/h9,16H,5-8H2,1-4H3,(H2,14,17)(H,15,19). The molecule has 0 atom stereocenters. The Morgan fingerprint density at radius 3 is 2.75 bits per heavy atom. The third-order valence-electron chi connectivity index (χ3n) is 3.28. The van der Waals surface area contributed by atoms with Crippen LogP contribution in [0.5, 0.6) is 0 Å². The highest BCUT2D eigenvalue weighted by Crippen LogP contribution is 2.26. The number of aromatic nitrogens is 1. The van der Waals surface area contributed by atoms with Crippen LogP contribution in [0.4, 0.5) is 10.8 Å². The summed E-state index contributed by atoms with van der Waals surface area (Å²) in [6.07, 6.45) is 2.16. The predicted octanol–water partition coefficient (Wildman–Crippen LogP) is 1.62. The van der Waals surface area contributed by atoms with E-state index >= 15 is 0 Å². The smallest absolute Gasteiger partial charge is 0.257 e. The summed E-state index contributed by atoms with van der Waals surface area (Å²) in [5.41, 5.74) is 6.17. The lowest BCUT2D eigenvalue weighted by Gasteiger charge is -2.20. The number of nitrogens with one attached hydrogen (secondary N) is 2. The summed E-state index contributed by atoms with van der Waals surface area (Å²) in [5, 5.41) is 6.58. The van der Waals surface area contributed by atoms with Crippen molar-refractivity contribution in [3.8, 4) is 0 Å². The molecule has 4 N–H and O–H groups in total. The van der Waals surface area contributed by atoms with Gasteiger partial charge in [0, 0.05) is 19.6 Å². The van der Waals surface area contributed by atoms with E-state index < -0.39 is 0 Å². The lowest BCUT2D eigenvalue weighted by Crippen LogP contribution is -2.27. The molecule has 1 amide bonds. The molecule has 0 bridgehead atoms. The lowest BCUT2D eigenvalue weighted by atomic mass is 10.2. The first kappa shape index (κ1) is 16.7. The zero-order valence-electron chi connectivity index (χ0n) is 12.7. The number of nitrogens with two attached hydrogens (primary N) is 1. The molecule has 114 valence electrons. The molecule has 0 saturated heterocycles. The van der Waals surface area contributed by atoms with Gasteiger partial charge in [0.25, 0.3) is 5.91 Å². The number of nitrogens with zero attached hydrogens (tertiary/aromatic N) is 2. The molecule has 1 heterocycles. The number of carbonyl (C=O) groups excluding carboxylic acids is 1. The molecule has 20 heavy (non-hydrogen) atoms. The average Bonchev–Trinajstić information content (AvgIpc) is 2.78. The monoisotopic (exact) mass is 299 g/mol. The first-order valence-corrected chi connectivity index (χ1v) is 7.66. The molecule has 0 saturated carbocycles. The molecule has 0 unspecified atom stereocenters. The van der Waals surface area contributed by atoms with Crippen molar-refractivity contribution in [1.29, 1.82) is 0 Å². The molecule has 0 aliphatic carbocycles. The highest BCUT2D eigenvalue weighted by atomic mass is 32.1. The van der Waals surface area contributed by atoms with Crippen molar-refractivity contribution in [2.75, 3.05) is 38.2 Å². The highest BCUT2D eigenvalue weighted by molar-refractivity contribution is 7.11. The third-order valence-corrected chi connectivity index (χ3v) is 4.10. The summed E-state index contributed by atoms with van der Waals surface area (Å²) < 4.78 is 4.02. The molecule has 1 aromatic rings. The quantitative estimate of drug-likeness (QED) is 0.635. The van der Waals surface area contributed by atoms with Crippen molar-refractivity contribution in [2.24, 2.45) is 0 Å². The predicted molar refractivity (Wildman–Crippen MR) is 85.4 cm³/mol. The summed E-state index contributed by atoms with van der Waals surface area (Å²) in [7, 11) is 3.72. The van der Waals surface area contributed by atoms with Crippen molar-refractivity contribution >= 4 is 28.3 Å². The van der Waals surface area contributed by atoms with E-state index in [4.69, 9.17) is 5.73 Å². The number of amides is 1. The Kier molecular flexibility index (Phi) is 6.74. The number of anilines is 2. The third kappa shape index (κ3) is 4.64. The second-order valence-corrected chi connectivity index (χ2v) is 5.83. The maximum absolute atomic E-state index is 11.7. The number of hydrogen-bond acceptors (Lipinski definition) is 6. The van der Waals surface area contributed by atoms with E-state index in [0.717, 1.165) is 30.9 Å². The number of nitrogen functional groups attached to an aromatic ring is 1. The summed E-state index contributed by atoms with van der Waals surface area (Å²) >= 11 is 1.23. The molecule has 0 aromatic carbocycles. The highest BCUT2D eigenvalue weighted by Gasteiger charge is 2.17. The summed E-state index contributed by atoms with van der Waals surface area (Å²) in [6.45, 7) is 6.27. The number of hydrogen-bond donors (Lipinski definition) is 3. The van der Waals surface area contributed by atoms with E-state index in [2.05, 4.69) is 40.8 Å². The number of rotatable bonds is 8. The van der Waals surface area contributed by atoms with Gasteiger partial charge in [-0.25, -0.2) is 0 Å². The van der Waals surface area contributed by atoms with Crippen LogP contribution in [0.25, 0.3) is 0 Å². The number of unbranched alkanes of at least 4 members (excludes halogenated alkanes) is 1. The molecule has 0 fully saturated rings. The van der Waals surface area contributed by atoms with Crippen molar-refractivity contribution in [1.82, 2.24) is 14.6 Å². The molecule has 1 aromatic heterocycles. The second kappa shape index (κ2) is 8.06. The van der Waals surface area contributed by atoms with Crippen LogP contribution in [-0.2, 0) is 0 Å². The van der Waals surface area contributed by atoms with Crippen LogP contribution in [0.1, 0.15) is 37.0 Å². The summed E-state index contributed by atoms with van der Waals surface area (Å²) in [4.78, 5) is 14.0. The minimum absolute atomic E-state index is 0.196. The minimum atomic E-state index is -0.196. The van der Waals surface area contributed by atoms with Crippen LogP contribution in [0, 0.1) is 0 Å². The van der Waals surface area contributed by atoms with Crippen molar-refractivity contribution in [3.05, 3.63) is 5.56 Å². The Balaban J connectivity index is 2.38. The topological polar surface area (TPSA) is 83.3 Å². The molecular formula is C13H25N5OS. The Hall–Kier alpha value is -1.34. The first-order chi connectivity index (χ1) is 9.47. The fourth-order valence-electron chi connectivity index (χ4n) is 1.71. The van der Waals surface area contributed by atoms with Gasteiger partial charge >= 0.3 is 0 Å². The van der Waals surface area contributed by atoms with Crippen LogP contribution < -0.4 is 16.4 Å². The van der Waals surface area contributed by atoms with Gasteiger partial charge in [-0.15, -0.1) is 0 Å². The largest absolute Gasteiger partial charge is 0.382 e. The molecule has 0 spiro atoms. The van der Waals surface area contributed by atoms with Gasteiger partial charge in [-0.05, 0) is 51.8 Å². The van der Waals surface area contributed by atoms with E-state index in [-0.39, 0.29) is 11.7 Å². The fourth-order valence-corrected chi connectivity index (χ4v) is 2.45. The summed E-state index contributed by atoms with van der Waals surface area (Å²) in [6, 6.07) is 0.573. The molecular weight excluding hydrogens is 274 g/mol. The Labute approximate surface area is 124 Å². The zero-order valence-corrected chi connectivity index (χ0v) is 13.5. The Morgan fingerprint density at radius 2 is 2.15 bits per heavy atom. The molecule has 1 rings (SSSR count). The van der Waals surface area contributed by atoms with Crippen LogP contribution in [-0.4, -0.2) is 48.4 Å². The maximum Gasteiger partial charge on any atom is 0.257 e. The molecule has 7 heteroatoms. The number of carbonyl (C=O) groups is 1. The van der Waals surface area contributed by atoms with Gasteiger partial charge in [0.1, 0.15) is 10.6 Å². The SMILES string of the molecule is CNC(=O)c1c(N)nsc1NCCCCN(C)C(C)C.